The fourth-order valence-electron chi connectivity index (χ4n) is 3.67. The highest BCUT2D eigenvalue weighted by molar-refractivity contribution is 6.24. The molecule has 0 bridgehead atoms. The van der Waals surface area contributed by atoms with Crippen LogP contribution in [0, 0.1) is 0 Å². The van der Waals surface area contributed by atoms with Crippen LogP contribution in [0.3, 0.4) is 0 Å². The highest BCUT2D eigenvalue weighted by Gasteiger charge is 2.25. The summed E-state index contributed by atoms with van der Waals surface area (Å²) in [5, 5.41) is 4.60. The SMILES string of the molecule is c1ccc(OCC(Cn2ccnc2)ON=C2c3ccccc3-c3ccccc32)cc1. The molecule has 0 fully saturated rings. The first-order chi connectivity index (χ1) is 14.9. The number of imidazole rings is 1. The van der Waals surface area contributed by atoms with Crippen molar-refractivity contribution in [3.63, 3.8) is 0 Å². The molecule has 1 heterocycles. The van der Waals surface area contributed by atoms with Crippen molar-refractivity contribution in [2.45, 2.75) is 12.6 Å². The fraction of sp³-hybridized carbons (Fsp3) is 0.120. The second kappa shape index (κ2) is 8.25. The summed E-state index contributed by atoms with van der Waals surface area (Å²) in [7, 11) is 0. The van der Waals surface area contributed by atoms with Crippen LogP contribution >= 0.6 is 0 Å². The Morgan fingerprint density at radius 3 is 2.07 bits per heavy atom. The molecule has 0 saturated carbocycles. The minimum Gasteiger partial charge on any atom is -0.490 e. The van der Waals surface area contributed by atoms with Crippen LogP contribution in [-0.2, 0) is 11.4 Å². The van der Waals surface area contributed by atoms with Gasteiger partial charge in [0.1, 0.15) is 18.1 Å². The Kier molecular flexibility index (Phi) is 5.00. The Morgan fingerprint density at radius 1 is 0.800 bits per heavy atom. The predicted molar refractivity (Wildman–Crippen MR) is 117 cm³/mol. The minimum absolute atomic E-state index is 0.271. The highest BCUT2D eigenvalue weighted by atomic mass is 16.7. The molecule has 0 saturated heterocycles. The molecule has 1 unspecified atom stereocenters. The van der Waals surface area contributed by atoms with Crippen molar-refractivity contribution in [1.29, 1.82) is 0 Å². The van der Waals surface area contributed by atoms with Crippen LogP contribution in [0.5, 0.6) is 5.75 Å². The molecule has 0 spiro atoms. The number of ether oxygens (including phenoxy) is 1. The van der Waals surface area contributed by atoms with Crippen LogP contribution in [-0.4, -0.2) is 28.0 Å². The molecule has 1 aliphatic carbocycles. The van der Waals surface area contributed by atoms with Crippen molar-refractivity contribution in [1.82, 2.24) is 9.55 Å². The predicted octanol–water partition coefficient (Wildman–Crippen LogP) is 4.78. The van der Waals surface area contributed by atoms with Gasteiger partial charge >= 0.3 is 0 Å². The Bertz CT molecular complexity index is 1110. The van der Waals surface area contributed by atoms with E-state index >= 15 is 0 Å². The Labute approximate surface area is 175 Å². The summed E-state index contributed by atoms with van der Waals surface area (Å²) >= 11 is 0. The molecule has 1 aromatic heterocycles. The second-order valence-electron chi connectivity index (χ2n) is 7.14. The zero-order chi connectivity index (χ0) is 20.2. The molecule has 0 radical (unpaired) electrons. The van der Waals surface area contributed by atoms with Gasteiger partial charge < -0.3 is 14.1 Å². The topological polar surface area (TPSA) is 48.6 Å². The quantitative estimate of drug-likeness (QED) is 0.373. The van der Waals surface area contributed by atoms with Gasteiger partial charge in [-0.05, 0) is 23.3 Å². The Morgan fingerprint density at radius 2 is 1.43 bits per heavy atom. The van der Waals surface area contributed by atoms with E-state index in [-0.39, 0.29) is 6.10 Å². The van der Waals surface area contributed by atoms with Gasteiger partial charge in [-0.25, -0.2) is 4.98 Å². The van der Waals surface area contributed by atoms with Gasteiger partial charge in [0.2, 0.25) is 0 Å². The lowest BCUT2D eigenvalue weighted by Gasteiger charge is -2.17. The van der Waals surface area contributed by atoms with E-state index in [2.05, 4.69) is 46.5 Å². The minimum atomic E-state index is -0.271. The number of para-hydroxylation sites is 1. The normalized spacial score (nSPS) is 12.7. The molecule has 0 amide bonds. The Hall–Kier alpha value is -3.86. The molecule has 0 aliphatic heterocycles. The van der Waals surface area contributed by atoms with E-state index in [1.54, 1.807) is 12.5 Å². The number of nitrogens with zero attached hydrogens (tertiary/aromatic N) is 3. The smallest absolute Gasteiger partial charge is 0.179 e. The van der Waals surface area contributed by atoms with E-state index in [0.29, 0.717) is 13.2 Å². The molecule has 148 valence electrons. The van der Waals surface area contributed by atoms with Crippen LogP contribution in [0.1, 0.15) is 11.1 Å². The van der Waals surface area contributed by atoms with Crippen molar-refractivity contribution in [3.8, 4) is 16.9 Å². The standard InChI is InChI=1S/C25H21N3O2/c1-2-8-19(9-3-1)29-17-20(16-28-15-14-26-18-28)30-27-25-23-12-6-4-10-21(23)22-11-5-7-13-24(22)25/h1-15,18,20H,16-17H2. The largest absolute Gasteiger partial charge is 0.490 e. The first kappa shape index (κ1) is 18.2. The van der Waals surface area contributed by atoms with Crippen LogP contribution in [0.15, 0.2) is 103 Å². The molecule has 3 aromatic carbocycles. The van der Waals surface area contributed by atoms with Crippen LogP contribution < -0.4 is 4.74 Å². The molecule has 0 N–H and O–H groups in total. The number of hydrogen-bond acceptors (Lipinski definition) is 4. The molecule has 1 atom stereocenters. The molecule has 5 rings (SSSR count). The average molecular weight is 395 g/mol. The van der Waals surface area contributed by atoms with Crippen LogP contribution in [0.25, 0.3) is 11.1 Å². The summed E-state index contributed by atoms with van der Waals surface area (Å²) in [6.45, 7) is 0.967. The summed E-state index contributed by atoms with van der Waals surface area (Å²) in [6.07, 6.45) is 5.16. The van der Waals surface area contributed by atoms with E-state index in [0.717, 1.165) is 22.6 Å². The fourth-order valence-corrected chi connectivity index (χ4v) is 3.67. The van der Waals surface area contributed by atoms with Crippen LogP contribution in [0.2, 0.25) is 0 Å². The average Bonchev–Trinajstić information content (AvgIpc) is 3.42. The third-order valence-corrected chi connectivity index (χ3v) is 5.10. The maximum Gasteiger partial charge on any atom is 0.179 e. The van der Waals surface area contributed by atoms with Crippen molar-refractivity contribution in [3.05, 3.63) is 109 Å². The molecule has 5 nitrogen and oxygen atoms in total. The molecule has 30 heavy (non-hydrogen) atoms. The monoisotopic (exact) mass is 395 g/mol. The van der Waals surface area contributed by atoms with Gasteiger partial charge in [0.05, 0.1) is 12.9 Å². The zero-order valence-corrected chi connectivity index (χ0v) is 16.4. The number of fused-ring (bicyclic) bond motifs is 3. The van der Waals surface area contributed by atoms with Gasteiger partial charge in [-0.1, -0.05) is 71.9 Å². The van der Waals surface area contributed by atoms with Gasteiger partial charge in [0.15, 0.2) is 6.10 Å². The van der Waals surface area contributed by atoms with Crippen molar-refractivity contribution in [2.75, 3.05) is 6.61 Å². The van der Waals surface area contributed by atoms with E-state index in [9.17, 15) is 0 Å². The van der Waals surface area contributed by atoms with E-state index in [1.165, 1.54) is 11.1 Å². The van der Waals surface area contributed by atoms with Crippen molar-refractivity contribution >= 4 is 5.71 Å². The summed E-state index contributed by atoms with van der Waals surface area (Å²) < 4.78 is 7.91. The molecule has 5 heteroatoms. The Balaban J connectivity index is 1.41. The maximum atomic E-state index is 6.05. The lowest BCUT2D eigenvalue weighted by molar-refractivity contribution is 0.0136. The highest BCUT2D eigenvalue weighted by Crippen LogP contribution is 2.36. The first-order valence-corrected chi connectivity index (χ1v) is 9.95. The summed E-state index contributed by atoms with van der Waals surface area (Å²) in [5.41, 5.74) is 5.40. The molecule has 4 aromatic rings. The number of hydrogen-bond donors (Lipinski definition) is 0. The third kappa shape index (κ3) is 3.70. The lowest BCUT2D eigenvalue weighted by atomic mass is 10.1. The number of rotatable bonds is 7. The lowest BCUT2D eigenvalue weighted by Crippen LogP contribution is -2.25. The number of aromatic nitrogens is 2. The number of benzene rings is 3. The first-order valence-electron chi connectivity index (χ1n) is 9.95. The van der Waals surface area contributed by atoms with Crippen molar-refractivity contribution in [2.24, 2.45) is 5.16 Å². The van der Waals surface area contributed by atoms with Gasteiger partial charge in [-0.3, -0.25) is 0 Å². The van der Waals surface area contributed by atoms with Gasteiger partial charge in [-0.2, -0.15) is 0 Å². The van der Waals surface area contributed by atoms with Gasteiger partial charge in [0, 0.05) is 23.5 Å². The van der Waals surface area contributed by atoms with E-state index in [4.69, 9.17) is 9.57 Å². The summed E-state index contributed by atoms with van der Waals surface area (Å²) in [4.78, 5) is 10.2. The van der Waals surface area contributed by atoms with Crippen molar-refractivity contribution < 1.29 is 9.57 Å². The van der Waals surface area contributed by atoms with Crippen LogP contribution in [0.4, 0.5) is 0 Å². The van der Waals surface area contributed by atoms with E-state index in [1.807, 2.05) is 53.2 Å². The maximum absolute atomic E-state index is 6.05. The van der Waals surface area contributed by atoms with Gasteiger partial charge in [0.25, 0.3) is 0 Å². The zero-order valence-electron chi connectivity index (χ0n) is 16.4. The summed E-state index contributed by atoms with van der Waals surface area (Å²) in [5.74, 6) is 0.806. The van der Waals surface area contributed by atoms with E-state index < -0.39 is 0 Å². The molecular formula is C25H21N3O2. The van der Waals surface area contributed by atoms with Gasteiger partial charge in [-0.15, -0.1) is 0 Å². The summed E-state index contributed by atoms with van der Waals surface area (Å²) in [6, 6.07) is 26.3. The molecule has 1 aliphatic rings. The number of oxime groups is 1. The molecular weight excluding hydrogens is 374 g/mol. The third-order valence-electron chi connectivity index (χ3n) is 5.10. The second-order valence-corrected chi connectivity index (χ2v) is 7.14.